The van der Waals surface area contributed by atoms with Gasteiger partial charge in [-0.3, -0.25) is 9.59 Å². The molecule has 1 aliphatic heterocycles. The molecule has 0 unspecified atom stereocenters. The Morgan fingerprint density at radius 2 is 1.81 bits per heavy atom. The van der Waals surface area contributed by atoms with Crippen molar-refractivity contribution in [2.75, 3.05) is 33.3 Å². The fraction of sp³-hybridized carbons (Fsp3) is 0.600. The van der Waals surface area contributed by atoms with Crippen LogP contribution in [0, 0.1) is 5.92 Å². The van der Waals surface area contributed by atoms with Gasteiger partial charge in [0.1, 0.15) is 5.75 Å². The molecule has 6 heteroatoms. The van der Waals surface area contributed by atoms with Gasteiger partial charge in [0, 0.05) is 31.5 Å². The van der Waals surface area contributed by atoms with E-state index in [1.54, 1.807) is 31.4 Å². The largest absolute Gasteiger partial charge is 0.497 e. The van der Waals surface area contributed by atoms with Gasteiger partial charge in [0.2, 0.25) is 5.91 Å². The number of methoxy groups -OCH3 is 1. The van der Waals surface area contributed by atoms with E-state index < -0.39 is 0 Å². The maximum Gasteiger partial charge on any atom is 0.222 e. The van der Waals surface area contributed by atoms with Crippen LogP contribution in [0.4, 0.5) is 0 Å². The van der Waals surface area contributed by atoms with Crippen molar-refractivity contribution in [1.82, 2.24) is 10.2 Å². The molecule has 0 atom stereocenters. The molecule has 5 nitrogen and oxygen atoms in total. The monoisotopic (exact) mass is 382 g/mol. The van der Waals surface area contributed by atoms with Crippen molar-refractivity contribution in [3.8, 4) is 5.75 Å². The summed E-state index contributed by atoms with van der Waals surface area (Å²) >= 11 is 0. The molecule has 0 bridgehead atoms. The Labute approximate surface area is 162 Å². The van der Waals surface area contributed by atoms with E-state index in [0.717, 1.165) is 44.8 Å². The first-order chi connectivity index (χ1) is 12.1. The van der Waals surface area contributed by atoms with Gasteiger partial charge in [0.05, 0.1) is 7.11 Å². The molecule has 0 aromatic heterocycles. The summed E-state index contributed by atoms with van der Waals surface area (Å²) in [6.45, 7) is 5.87. The molecule has 1 aromatic rings. The molecule has 0 saturated carbocycles. The highest BCUT2D eigenvalue weighted by molar-refractivity contribution is 5.96. The van der Waals surface area contributed by atoms with Crippen molar-refractivity contribution in [3.63, 3.8) is 0 Å². The van der Waals surface area contributed by atoms with E-state index in [9.17, 15) is 9.59 Å². The first-order valence-electron chi connectivity index (χ1n) is 9.29. The summed E-state index contributed by atoms with van der Waals surface area (Å²) in [5, 5.41) is 3.38. The number of likely N-dealkylation sites (tertiary alicyclic amines) is 1. The van der Waals surface area contributed by atoms with Gasteiger partial charge < -0.3 is 15.0 Å². The van der Waals surface area contributed by atoms with Crippen molar-refractivity contribution in [2.24, 2.45) is 5.92 Å². The SMILES string of the molecule is CCNCC1CCN(C(=O)CCCC(=O)c2ccc(OC)cc2)CC1.Cl. The molecule has 1 aromatic carbocycles. The van der Waals surface area contributed by atoms with Crippen LogP contribution in [0.1, 0.15) is 49.4 Å². The molecule has 1 heterocycles. The minimum absolute atomic E-state index is 0. The third-order valence-electron chi connectivity index (χ3n) is 4.86. The zero-order valence-electron chi connectivity index (χ0n) is 15.8. The molecule has 0 radical (unpaired) electrons. The standard InChI is InChI=1S/C20H30N2O3.ClH/c1-3-21-15-16-11-13-22(14-12-16)20(24)6-4-5-19(23)17-7-9-18(25-2)10-8-17;/h7-10,16,21H,3-6,11-15H2,1-2H3;1H. The van der Waals surface area contributed by atoms with E-state index in [4.69, 9.17) is 4.74 Å². The molecule has 0 aliphatic carbocycles. The third kappa shape index (κ3) is 6.96. The number of halogens is 1. The number of hydrogen-bond donors (Lipinski definition) is 1. The maximum absolute atomic E-state index is 12.3. The van der Waals surface area contributed by atoms with Crippen LogP contribution in [0.3, 0.4) is 0 Å². The fourth-order valence-electron chi connectivity index (χ4n) is 3.21. The van der Waals surface area contributed by atoms with E-state index in [0.29, 0.717) is 30.7 Å². The second-order valence-corrected chi connectivity index (χ2v) is 6.64. The van der Waals surface area contributed by atoms with Crippen molar-refractivity contribution >= 4 is 24.1 Å². The van der Waals surface area contributed by atoms with E-state index >= 15 is 0 Å². The van der Waals surface area contributed by atoms with Crippen LogP contribution in [0.2, 0.25) is 0 Å². The number of carbonyl (C=O) groups excluding carboxylic acids is 2. The second kappa shape index (κ2) is 11.9. The molecule has 2 rings (SSSR count). The van der Waals surface area contributed by atoms with Gasteiger partial charge in [-0.25, -0.2) is 0 Å². The molecule has 1 aliphatic rings. The van der Waals surface area contributed by atoms with Crippen LogP contribution in [0.25, 0.3) is 0 Å². The Hall–Kier alpha value is -1.59. The van der Waals surface area contributed by atoms with Crippen LogP contribution in [-0.4, -0.2) is 49.9 Å². The maximum atomic E-state index is 12.3. The number of hydrogen-bond acceptors (Lipinski definition) is 4. The van der Waals surface area contributed by atoms with E-state index in [1.807, 2.05) is 4.90 Å². The smallest absolute Gasteiger partial charge is 0.222 e. The predicted octanol–water partition coefficient (Wildman–Crippen LogP) is 3.32. The van der Waals surface area contributed by atoms with Gasteiger partial charge in [-0.15, -0.1) is 12.4 Å². The number of carbonyl (C=O) groups is 2. The molecule has 1 saturated heterocycles. The van der Waals surface area contributed by atoms with Crippen LogP contribution < -0.4 is 10.1 Å². The molecule has 0 spiro atoms. The van der Waals surface area contributed by atoms with Crippen LogP contribution in [-0.2, 0) is 4.79 Å². The molecule has 1 fully saturated rings. The number of benzene rings is 1. The van der Waals surface area contributed by atoms with E-state index in [-0.39, 0.29) is 24.1 Å². The molecule has 26 heavy (non-hydrogen) atoms. The van der Waals surface area contributed by atoms with Crippen molar-refractivity contribution in [2.45, 2.75) is 39.0 Å². The topological polar surface area (TPSA) is 58.6 Å². The van der Waals surface area contributed by atoms with E-state index in [1.165, 1.54) is 0 Å². The number of nitrogens with zero attached hydrogens (tertiary/aromatic N) is 1. The zero-order chi connectivity index (χ0) is 18.1. The lowest BCUT2D eigenvalue weighted by Crippen LogP contribution is -2.40. The summed E-state index contributed by atoms with van der Waals surface area (Å²) in [4.78, 5) is 26.4. The number of ketones is 1. The van der Waals surface area contributed by atoms with Crippen LogP contribution in [0.15, 0.2) is 24.3 Å². The Balaban J connectivity index is 0.00000338. The van der Waals surface area contributed by atoms with Gasteiger partial charge in [-0.1, -0.05) is 6.92 Å². The third-order valence-corrected chi connectivity index (χ3v) is 4.86. The molecule has 1 amide bonds. The lowest BCUT2D eigenvalue weighted by Gasteiger charge is -2.32. The number of rotatable bonds is 9. The number of ether oxygens (including phenoxy) is 1. The summed E-state index contributed by atoms with van der Waals surface area (Å²) in [7, 11) is 1.60. The fourth-order valence-corrected chi connectivity index (χ4v) is 3.21. The van der Waals surface area contributed by atoms with Gasteiger partial charge >= 0.3 is 0 Å². The average Bonchev–Trinajstić information content (AvgIpc) is 2.66. The van der Waals surface area contributed by atoms with Gasteiger partial charge in [0.25, 0.3) is 0 Å². The predicted molar refractivity (Wildman–Crippen MR) is 106 cm³/mol. The highest BCUT2D eigenvalue weighted by atomic mass is 35.5. The number of nitrogens with one attached hydrogen (secondary N) is 1. The van der Waals surface area contributed by atoms with Crippen molar-refractivity contribution < 1.29 is 14.3 Å². The second-order valence-electron chi connectivity index (χ2n) is 6.64. The Bertz CT molecular complexity index is 555. The molecular formula is C20H31ClN2O3. The Morgan fingerprint density at radius 3 is 2.38 bits per heavy atom. The highest BCUT2D eigenvalue weighted by Crippen LogP contribution is 2.18. The minimum atomic E-state index is 0. The average molecular weight is 383 g/mol. The first-order valence-corrected chi connectivity index (χ1v) is 9.29. The van der Waals surface area contributed by atoms with Crippen molar-refractivity contribution in [1.29, 1.82) is 0 Å². The summed E-state index contributed by atoms with van der Waals surface area (Å²) in [5.41, 5.74) is 0.678. The lowest BCUT2D eigenvalue weighted by atomic mass is 9.96. The van der Waals surface area contributed by atoms with Crippen LogP contribution >= 0.6 is 12.4 Å². The van der Waals surface area contributed by atoms with Gasteiger partial charge in [-0.2, -0.15) is 0 Å². The summed E-state index contributed by atoms with van der Waals surface area (Å²) in [6, 6.07) is 7.13. The lowest BCUT2D eigenvalue weighted by molar-refractivity contribution is -0.132. The molecule has 146 valence electrons. The summed E-state index contributed by atoms with van der Waals surface area (Å²) in [6.07, 6.45) is 3.63. The minimum Gasteiger partial charge on any atom is -0.497 e. The Kier molecular flexibility index (Phi) is 10.3. The van der Waals surface area contributed by atoms with Gasteiger partial charge in [-0.05, 0) is 62.5 Å². The molecule has 1 N–H and O–H groups in total. The van der Waals surface area contributed by atoms with E-state index in [2.05, 4.69) is 12.2 Å². The summed E-state index contributed by atoms with van der Waals surface area (Å²) < 4.78 is 5.09. The normalized spacial score (nSPS) is 14.6. The van der Waals surface area contributed by atoms with Gasteiger partial charge in [0.15, 0.2) is 5.78 Å². The van der Waals surface area contributed by atoms with Crippen LogP contribution in [0.5, 0.6) is 5.75 Å². The molecular weight excluding hydrogens is 352 g/mol. The number of piperidine rings is 1. The van der Waals surface area contributed by atoms with Crippen molar-refractivity contribution in [3.05, 3.63) is 29.8 Å². The number of amides is 1. The number of Topliss-reactive ketones (excluding diaryl/α,β-unsaturated/α-hetero) is 1. The first kappa shape index (κ1) is 22.5. The quantitative estimate of drug-likeness (QED) is 0.665. The zero-order valence-corrected chi connectivity index (χ0v) is 16.6. The Morgan fingerprint density at radius 1 is 1.15 bits per heavy atom. The summed E-state index contributed by atoms with van der Waals surface area (Å²) in [5.74, 6) is 1.69. The highest BCUT2D eigenvalue weighted by Gasteiger charge is 2.22.